The lowest BCUT2D eigenvalue weighted by atomic mass is 10.2. The molecule has 1 aliphatic rings. The second-order valence-corrected chi connectivity index (χ2v) is 8.40. The van der Waals surface area contributed by atoms with E-state index in [1.807, 2.05) is 0 Å². The Kier molecular flexibility index (Phi) is 5.91. The highest BCUT2D eigenvalue weighted by Crippen LogP contribution is 2.35. The van der Waals surface area contributed by atoms with Crippen LogP contribution in [0.2, 0.25) is 10.0 Å². The first kappa shape index (κ1) is 21.2. The van der Waals surface area contributed by atoms with Crippen molar-refractivity contribution in [2.75, 3.05) is 7.05 Å². The summed E-state index contributed by atoms with van der Waals surface area (Å²) in [5.74, 6) is -0.202. The van der Waals surface area contributed by atoms with Crippen LogP contribution in [-0.2, 0) is 4.79 Å². The molecule has 31 heavy (non-hydrogen) atoms. The van der Waals surface area contributed by atoms with Crippen LogP contribution in [0.5, 0.6) is 0 Å². The van der Waals surface area contributed by atoms with E-state index in [1.165, 1.54) is 28.8 Å². The maximum atomic E-state index is 12.6. The zero-order valence-corrected chi connectivity index (χ0v) is 18.3. The van der Waals surface area contributed by atoms with Crippen LogP contribution in [0.1, 0.15) is 16.1 Å². The number of benzene rings is 2. The summed E-state index contributed by atoms with van der Waals surface area (Å²) in [4.78, 5) is 29.9. The number of carbonyl (C=O) groups excluding carboxylic acids is 1. The molecule has 0 bridgehead atoms. The molecular formula is C22H14Cl2N2O4S. The maximum Gasteiger partial charge on any atom is 0.335 e. The van der Waals surface area contributed by atoms with Gasteiger partial charge in [-0.2, -0.15) is 0 Å². The van der Waals surface area contributed by atoms with Crippen molar-refractivity contribution in [1.29, 1.82) is 0 Å². The Morgan fingerprint density at radius 3 is 2.58 bits per heavy atom. The van der Waals surface area contributed by atoms with E-state index in [9.17, 15) is 9.59 Å². The topological polar surface area (TPSA) is 83.1 Å². The molecule has 9 heteroatoms. The van der Waals surface area contributed by atoms with E-state index in [4.69, 9.17) is 32.7 Å². The third kappa shape index (κ3) is 4.54. The summed E-state index contributed by atoms with van der Waals surface area (Å²) < 4.78 is 5.84. The summed E-state index contributed by atoms with van der Waals surface area (Å²) in [6.45, 7) is 0. The molecule has 1 aliphatic heterocycles. The second kappa shape index (κ2) is 8.63. The molecular weight excluding hydrogens is 459 g/mol. The number of hydrogen-bond donors (Lipinski definition) is 1. The van der Waals surface area contributed by atoms with Crippen molar-refractivity contribution >= 4 is 63.8 Å². The van der Waals surface area contributed by atoms with E-state index in [0.717, 1.165) is 0 Å². The molecule has 156 valence electrons. The number of hydrogen-bond acceptors (Lipinski definition) is 5. The molecule has 0 aliphatic carbocycles. The predicted molar refractivity (Wildman–Crippen MR) is 123 cm³/mol. The molecule has 0 spiro atoms. The molecule has 2 heterocycles. The normalized spacial score (nSPS) is 16.5. The van der Waals surface area contributed by atoms with E-state index in [2.05, 4.69) is 4.99 Å². The fraction of sp³-hybridized carbons (Fsp3) is 0.0455. The quantitative estimate of drug-likeness (QED) is 0.457. The van der Waals surface area contributed by atoms with E-state index in [1.54, 1.807) is 55.6 Å². The Morgan fingerprint density at radius 1 is 1.13 bits per heavy atom. The molecule has 1 N–H and O–H groups in total. The number of carboxylic acid groups (broad SMARTS) is 1. The summed E-state index contributed by atoms with van der Waals surface area (Å²) in [6.07, 6.45) is 1.64. The summed E-state index contributed by atoms with van der Waals surface area (Å²) >= 11 is 13.5. The van der Waals surface area contributed by atoms with Crippen LogP contribution < -0.4 is 0 Å². The van der Waals surface area contributed by atoms with Crippen molar-refractivity contribution < 1.29 is 19.1 Å². The van der Waals surface area contributed by atoms with Gasteiger partial charge in [0, 0.05) is 23.7 Å². The molecule has 3 aromatic rings. The maximum absolute atomic E-state index is 12.6. The molecule has 1 saturated heterocycles. The number of furan rings is 1. The molecule has 0 unspecified atom stereocenters. The third-order valence-electron chi connectivity index (χ3n) is 4.44. The molecule has 0 atom stereocenters. The zero-order chi connectivity index (χ0) is 22.1. The third-order valence-corrected chi connectivity index (χ3v) is 6.06. The number of aliphatic imine (C=N–C) groups is 1. The number of amides is 1. The van der Waals surface area contributed by atoms with Crippen LogP contribution in [0.4, 0.5) is 5.69 Å². The number of nitrogens with zero attached hydrogens (tertiary/aromatic N) is 2. The first-order valence-electron chi connectivity index (χ1n) is 8.97. The van der Waals surface area contributed by atoms with E-state index in [0.29, 0.717) is 42.9 Å². The van der Waals surface area contributed by atoms with Crippen molar-refractivity contribution in [2.24, 2.45) is 4.99 Å². The van der Waals surface area contributed by atoms with Gasteiger partial charge in [0.25, 0.3) is 5.91 Å². The SMILES string of the molecule is CN1C(=O)/C(=C/c2ccc(-c3cc(Cl)ccc3Cl)o2)SC1=Nc1ccc(C(=O)O)cc1. The van der Waals surface area contributed by atoms with Crippen LogP contribution in [0, 0.1) is 0 Å². The highest BCUT2D eigenvalue weighted by molar-refractivity contribution is 8.18. The van der Waals surface area contributed by atoms with Gasteiger partial charge in [-0.1, -0.05) is 23.2 Å². The fourth-order valence-corrected chi connectivity index (χ4v) is 4.18. The molecule has 1 amide bonds. The lowest BCUT2D eigenvalue weighted by molar-refractivity contribution is -0.121. The molecule has 1 fully saturated rings. The molecule has 4 rings (SSSR count). The Bertz CT molecular complexity index is 1250. The molecule has 1 aromatic heterocycles. The number of carboxylic acids is 1. The number of carbonyl (C=O) groups is 2. The number of aromatic carboxylic acids is 1. The minimum atomic E-state index is -1.01. The van der Waals surface area contributed by atoms with Gasteiger partial charge in [0.15, 0.2) is 5.17 Å². The average molecular weight is 473 g/mol. The Balaban J connectivity index is 1.58. The highest BCUT2D eigenvalue weighted by Gasteiger charge is 2.30. The average Bonchev–Trinajstić information content (AvgIpc) is 3.31. The van der Waals surface area contributed by atoms with E-state index in [-0.39, 0.29) is 11.5 Å². The van der Waals surface area contributed by atoms with E-state index >= 15 is 0 Å². The van der Waals surface area contributed by atoms with Gasteiger partial charge in [-0.15, -0.1) is 0 Å². The van der Waals surface area contributed by atoms with Gasteiger partial charge in [-0.3, -0.25) is 9.69 Å². The molecule has 6 nitrogen and oxygen atoms in total. The minimum Gasteiger partial charge on any atom is -0.478 e. The van der Waals surface area contributed by atoms with Gasteiger partial charge < -0.3 is 9.52 Å². The van der Waals surface area contributed by atoms with Crippen LogP contribution in [0.3, 0.4) is 0 Å². The minimum absolute atomic E-state index is 0.168. The number of amidine groups is 1. The van der Waals surface area contributed by atoms with Gasteiger partial charge >= 0.3 is 5.97 Å². The van der Waals surface area contributed by atoms with Crippen molar-refractivity contribution in [2.45, 2.75) is 0 Å². The lowest BCUT2D eigenvalue weighted by Crippen LogP contribution is -2.23. The zero-order valence-electron chi connectivity index (χ0n) is 16.0. The highest BCUT2D eigenvalue weighted by atomic mass is 35.5. The van der Waals surface area contributed by atoms with Crippen LogP contribution >= 0.6 is 35.0 Å². The lowest BCUT2D eigenvalue weighted by Gasteiger charge is -2.07. The Hall–Kier alpha value is -3.00. The van der Waals surface area contributed by atoms with Crippen LogP contribution in [-0.4, -0.2) is 34.1 Å². The largest absolute Gasteiger partial charge is 0.478 e. The molecule has 0 radical (unpaired) electrons. The summed E-state index contributed by atoms with van der Waals surface area (Å²) in [7, 11) is 1.62. The van der Waals surface area contributed by atoms with Crippen LogP contribution in [0.25, 0.3) is 17.4 Å². The standard InChI is InChI=1S/C22H14Cl2N2O4S/c1-26-20(27)19(31-22(26)25-14-5-2-12(3-6-14)21(28)29)11-15-7-9-18(30-15)16-10-13(23)4-8-17(16)24/h2-11H,1H3,(H,28,29)/b19-11-,25-22?. The van der Waals surface area contributed by atoms with Gasteiger partial charge in [0.05, 0.1) is 21.2 Å². The summed E-state index contributed by atoms with van der Waals surface area (Å²) in [5.41, 5.74) is 1.37. The first-order chi connectivity index (χ1) is 14.8. The van der Waals surface area contributed by atoms with E-state index < -0.39 is 5.97 Å². The number of likely N-dealkylation sites (N-methyl/N-ethyl adjacent to an activating group) is 1. The van der Waals surface area contributed by atoms with Gasteiger partial charge in [0.2, 0.25) is 0 Å². The first-order valence-corrected chi connectivity index (χ1v) is 10.5. The van der Waals surface area contributed by atoms with Crippen molar-refractivity contribution in [1.82, 2.24) is 4.90 Å². The predicted octanol–water partition coefficient (Wildman–Crippen LogP) is 6.19. The Labute approximate surface area is 191 Å². The number of halogens is 2. The second-order valence-electron chi connectivity index (χ2n) is 6.55. The van der Waals surface area contributed by atoms with Crippen molar-refractivity contribution in [3.05, 3.63) is 80.9 Å². The van der Waals surface area contributed by atoms with Gasteiger partial charge in [-0.05, 0) is 66.4 Å². The Morgan fingerprint density at radius 2 is 1.87 bits per heavy atom. The van der Waals surface area contributed by atoms with Crippen LogP contribution in [0.15, 0.2) is 68.9 Å². The fourth-order valence-electron chi connectivity index (χ4n) is 2.83. The molecule has 2 aromatic carbocycles. The monoisotopic (exact) mass is 472 g/mol. The van der Waals surface area contributed by atoms with Crippen molar-refractivity contribution in [3.63, 3.8) is 0 Å². The molecule has 0 saturated carbocycles. The van der Waals surface area contributed by atoms with Gasteiger partial charge in [0.1, 0.15) is 11.5 Å². The number of thioether (sulfide) groups is 1. The van der Waals surface area contributed by atoms with Crippen molar-refractivity contribution in [3.8, 4) is 11.3 Å². The number of rotatable bonds is 4. The summed E-state index contributed by atoms with van der Waals surface area (Å²) in [5, 5.41) is 10.5. The smallest absolute Gasteiger partial charge is 0.335 e. The summed E-state index contributed by atoms with van der Waals surface area (Å²) in [6, 6.07) is 14.7. The van der Waals surface area contributed by atoms with Gasteiger partial charge in [-0.25, -0.2) is 9.79 Å².